The number of benzene rings is 2. The van der Waals surface area contributed by atoms with Crippen LogP contribution >= 0.6 is 12.2 Å². The van der Waals surface area contributed by atoms with Crippen molar-refractivity contribution in [3.05, 3.63) is 58.9 Å². The average molecular weight is 393 g/mol. The number of rotatable bonds is 3. The molecule has 5 heteroatoms. The number of aromatic nitrogens is 2. The van der Waals surface area contributed by atoms with Crippen LogP contribution in [0.4, 0.5) is 5.69 Å². The molecule has 0 saturated carbocycles. The largest absolute Gasteiger partial charge is 0.348 e. The Morgan fingerprint density at radius 2 is 1.96 bits per heavy atom. The van der Waals surface area contributed by atoms with Crippen molar-refractivity contribution in [1.82, 2.24) is 14.9 Å². The Hall–Kier alpha value is -2.40. The summed E-state index contributed by atoms with van der Waals surface area (Å²) in [7, 11) is 0. The lowest BCUT2D eigenvalue weighted by Gasteiger charge is -2.33. The second-order valence-electron chi connectivity index (χ2n) is 7.84. The Morgan fingerprint density at radius 1 is 1.21 bits per heavy atom. The molecule has 0 radical (unpaired) electrons. The van der Waals surface area contributed by atoms with Gasteiger partial charge in [-0.1, -0.05) is 19.1 Å². The van der Waals surface area contributed by atoms with E-state index in [0.717, 1.165) is 60.0 Å². The summed E-state index contributed by atoms with van der Waals surface area (Å²) in [5.41, 5.74) is 7.17. The van der Waals surface area contributed by atoms with Crippen molar-refractivity contribution in [3.63, 3.8) is 0 Å². The Morgan fingerprint density at radius 3 is 2.71 bits per heavy atom. The number of thiocarbonyl (C=S) groups is 1. The number of nitrogens with zero attached hydrogens (tertiary/aromatic N) is 2. The lowest BCUT2D eigenvalue weighted by molar-refractivity contribution is 0.307. The van der Waals surface area contributed by atoms with Gasteiger partial charge in [-0.15, -0.1) is 0 Å². The SMILES string of the molecule is CCc1ccc(NC(=S)N2CCC[C@@H](c3nc4cc(C)c(C)cc4[nH]3)C2)cc1. The third-order valence-corrected chi connectivity index (χ3v) is 6.18. The Balaban J connectivity index is 1.47. The Bertz CT molecular complexity index is 951. The van der Waals surface area contributed by atoms with Crippen molar-refractivity contribution >= 4 is 34.1 Å². The Labute approximate surface area is 172 Å². The molecule has 1 fully saturated rings. The molecule has 2 aromatic carbocycles. The van der Waals surface area contributed by atoms with Gasteiger partial charge in [-0.25, -0.2) is 4.98 Å². The molecule has 2 N–H and O–H groups in total. The molecule has 1 aliphatic heterocycles. The maximum Gasteiger partial charge on any atom is 0.173 e. The van der Waals surface area contributed by atoms with E-state index in [0.29, 0.717) is 5.92 Å². The van der Waals surface area contributed by atoms with Crippen LogP contribution in [0.1, 0.15) is 48.2 Å². The molecule has 1 aromatic heterocycles. The predicted octanol–water partition coefficient (Wildman–Crippen LogP) is 5.32. The first-order valence-electron chi connectivity index (χ1n) is 10.1. The van der Waals surface area contributed by atoms with Crippen molar-refractivity contribution in [1.29, 1.82) is 0 Å². The number of aromatic amines is 1. The van der Waals surface area contributed by atoms with Gasteiger partial charge in [0.25, 0.3) is 0 Å². The van der Waals surface area contributed by atoms with Gasteiger partial charge in [0, 0.05) is 24.7 Å². The number of imidazole rings is 1. The fourth-order valence-electron chi connectivity index (χ4n) is 3.89. The molecule has 0 spiro atoms. The molecule has 1 aliphatic rings. The molecule has 4 rings (SSSR count). The van der Waals surface area contributed by atoms with Gasteiger partial charge >= 0.3 is 0 Å². The smallest absolute Gasteiger partial charge is 0.173 e. The summed E-state index contributed by atoms with van der Waals surface area (Å²) >= 11 is 5.70. The highest BCUT2D eigenvalue weighted by molar-refractivity contribution is 7.80. The molecule has 0 unspecified atom stereocenters. The van der Waals surface area contributed by atoms with Crippen LogP contribution in [0.15, 0.2) is 36.4 Å². The highest BCUT2D eigenvalue weighted by Crippen LogP contribution is 2.28. The minimum Gasteiger partial charge on any atom is -0.348 e. The summed E-state index contributed by atoms with van der Waals surface area (Å²) in [6.45, 7) is 8.35. The minimum atomic E-state index is 0.379. The fraction of sp³-hybridized carbons (Fsp3) is 0.391. The summed E-state index contributed by atoms with van der Waals surface area (Å²) in [6.07, 6.45) is 3.31. The molecular weight excluding hydrogens is 364 g/mol. The van der Waals surface area contributed by atoms with Crippen molar-refractivity contribution in [2.75, 3.05) is 18.4 Å². The quantitative estimate of drug-likeness (QED) is 0.592. The highest BCUT2D eigenvalue weighted by atomic mass is 32.1. The monoisotopic (exact) mass is 392 g/mol. The molecule has 3 aromatic rings. The van der Waals surface area contributed by atoms with Crippen LogP contribution < -0.4 is 5.32 Å². The van der Waals surface area contributed by atoms with Gasteiger partial charge in [0.2, 0.25) is 0 Å². The first-order chi connectivity index (χ1) is 13.5. The van der Waals surface area contributed by atoms with Crippen LogP contribution in [0.25, 0.3) is 11.0 Å². The number of H-pyrrole nitrogens is 1. The third-order valence-electron chi connectivity index (χ3n) is 5.82. The van der Waals surface area contributed by atoms with Gasteiger partial charge < -0.3 is 15.2 Å². The van der Waals surface area contributed by atoms with E-state index in [1.165, 1.54) is 16.7 Å². The number of anilines is 1. The lowest BCUT2D eigenvalue weighted by Crippen LogP contribution is -2.41. The predicted molar refractivity (Wildman–Crippen MR) is 121 cm³/mol. The summed E-state index contributed by atoms with van der Waals surface area (Å²) in [6, 6.07) is 12.9. The first kappa shape index (κ1) is 18.9. The number of hydrogen-bond acceptors (Lipinski definition) is 2. The molecule has 1 saturated heterocycles. The minimum absolute atomic E-state index is 0.379. The number of likely N-dealkylation sites (tertiary alicyclic amines) is 1. The van der Waals surface area contributed by atoms with Gasteiger partial charge in [0.1, 0.15) is 5.82 Å². The van der Waals surface area contributed by atoms with E-state index >= 15 is 0 Å². The third kappa shape index (κ3) is 3.90. The van der Waals surface area contributed by atoms with E-state index < -0.39 is 0 Å². The van der Waals surface area contributed by atoms with Crippen molar-refractivity contribution in [3.8, 4) is 0 Å². The zero-order valence-corrected chi connectivity index (χ0v) is 17.7. The number of piperidine rings is 1. The van der Waals surface area contributed by atoms with Gasteiger partial charge in [-0.2, -0.15) is 0 Å². The molecule has 4 nitrogen and oxygen atoms in total. The molecule has 146 valence electrons. The fourth-order valence-corrected chi connectivity index (χ4v) is 4.18. The second-order valence-corrected chi connectivity index (χ2v) is 8.23. The van der Waals surface area contributed by atoms with E-state index in [2.05, 4.69) is 72.4 Å². The van der Waals surface area contributed by atoms with Crippen LogP contribution in [0.2, 0.25) is 0 Å². The van der Waals surface area contributed by atoms with E-state index in [1.54, 1.807) is 0 Å². The van der Waals surface area contributed by atoms with Gasteiger partial charge in [0.15, 0.2) is 5.11 Å². The maximum atomic E-state index is 5.70. The molecule has 0 aliphatic carbocycles. The second kappa shape index (κ2) is 7.92. The van der Waals surface area contributed by atoms with Gasteiger partial charge in [-0.05, 0) is 86.3 Å². The van der Waals surface area contributed by atoms with Gasteiger partial charge in [-0.3, -0.25) is 0 Å². The number of fused-ring (bicyclic) bond motifs is 1. The molecule has 2 heterocycles. The number of nitrogens with one attached hydrogen (secondary N) is 2. The van der Waals surface area contributed by atoms with E-state index in [-0.39, 0.29) is 0 Å². The highest BCUT2D eigenvalue weighted by Gasteiger charge is 2.25. The first-order valence-corrected chi connectivity index (χ1v) is 10.6. The summed E-state index contributed by atoms with van der Waals surface area (Å²) in [4.78, 5) is 10.7. The average Bonchev–Trinajstić information content (AvgIpc) is 3.11. The van der Waals surface area contributed by atoms with Crippen LogP contribution in [0, 0.1) is 13.8 Å². The normalized spacial score (nSPS) is 17.1. The summed E-state index contributed by atoms with van der Waals surface area (Å²) in [5, 5.41) is 4.21. The summed E-state index contributed by atoms with van der Waals surface area (Å²) < 4.78 is 0. The van der Waals surface area contributed by atoms with Crippen LogP contribution in [0.5, 0.6) is 0 Å². The van der Waals surface area contributed by atoms with E-state index in [9.17, 15) is 0 Å². The number of aryl methyl sites for hydroxylation is 3. The van der Waals surface area contributed by atoms with Crippen LogP contribution in [-0.2, 0) is 6.42 Å². The number of hydrogen-bond donors (Lipinski definition) is 2. The molecule has 0 amide bonds. The van der Waals surface area contributed by atoms with Crippen molar-refractivity contribution in [2.24, 2.45) is 0 Å². The molecule has 1 atom stereocenters. The topological polar surface area (TPSA) is 44.0 Å². The lowest BCUT2D eigenvalue weighted by atomic mass is 9.98. The molecule has 28 heavy (non-hydrogen) atoms. The van der Waals surface area contributed by atoms with Crippen LogP contribution in [-0.4, -0.2) is 33.1 Å². The standard InChI is InChI=1S/C23H28N4S/c1-4-17-7-9-19(10-8-17)24-23(28)27-11-5-6-18(14-27)22-25-20-12-15(2)16(3)13-21(20)26-22/h7-10,12-13,18H,4-6,11,14H2,1-3H3,(H,24,28)(H,25,26)/t18-/m1/s1. The maximum absolute atomic E-state index is 5.70. The van der Waals surface area contributed by atoms with E-state index in [4.69, 9.17) is 17.2 Å². The van der Waals surface area contributed by atoms with Gasteiger partial charge in [0.05, 0.1) is 11.0 Å². The zero-order valence-electron chi connectivity index (χ0n) is 16.9. The van der Waals surface area contributed by atoms with Crippen molar-refractivity contribution in [2.45, 2.75) is 46.0 Å². The molecule has 0 bridgehead atoms. The summed E-state index contributed by atoms with van der Waals surface area (Å²) in [5.74, 6) is 1.46. The zero-order chi connectivity index (χ0) is 19.7. The molecular formula is C23H28N4S. The van der Waals surface area contributed by atoms with E-state index in [1.807, 2.05) is 0 Å². The van der Waals surface area contributed by atoms with Crippen molar-refractivity contribution < 1.29 is 0 Å². The Kier molecular flexibility index (Phi) is 5.36. The van der Waals surface area contributed by atoms with Crippen LogP contribution in [0.3, 0.4) is 0 Å².